The van der Waals surface area contributed by atoms with Crippen molar-refractivity contribution in [2.75, 3.05) is 7.11 Å². The van der Waals surface area contributed by atoms with Crippen LogP contribution in [0, 0.1) is 5.82 Å². The van der Waals surface area contributed by atoms with Gasteiger partial charge in [0.2, 0.25) is 0 Å². The number of hydrogen-bond acceptors (Lipinski definition) is 4. The lowest BCUT2D eigenvalue weighted by atomic mass is 10.2. The summed E-state index contributed by atoms with van der Waals surface area (Å²) in [7, 11) is 1.94. The second-order valence-corrected chi connectivity index (χ2v) is 5.26. The summed E-state index contributed by atoms with van der Waals surface area (Å²) in [6.45, 7) is 0. The van der Waals surface area contributed by atoms with Crippen molar-refractivity contribution >= 4 is 25.7 Å². The number of benzene rings is 1. The minimum atomic E-state index is -4.20. The van der Waals surface area contributed by atoms with Crippen LogP contribution >= 0.6 is 10.7 Å². The van der Waals surface area contributed by atoms with Crippen molar-refractivity contribution in [3.8, 4) is 5.75 Å². The Bertz CT molecular complexity index is 540. The summed E-state index contributed by atoms with van der Waals surface area (Å²) in [6, 6.07) is 1.26. The maximum Gasteiger partial charge on any atom is 0.338 e. The van der Waals surface area contributed by atoms with Gasteiger partial charge in [-0.15, -0.1) is 0 Å². The van der Waals surface area contributed by atoms with E-state index < -0.39 is 31.3 Å². The van der Waals surface area contributed by atoms with Gasteiger partial charge in [-0.3, -0.25) is 0 Å². The highest BCUT2D eigenvalue weighted by atomic mass is 35.7. The average Bonchev–Trinajstić information content (AvgIpc) is 2.15. The lowest BCUT2D eigenvalue weighted by Gasteiger charge is -2.07. The molecule has 1 N–H and O–H groups in total. The van der Waals surface area contributed by atoms with Crippen LogP contribution in [-0.4, -0.2) is 26.6 Å². The number of methoxy groups -OCH3 is 1. The lowest BCUT2D eigenvalue weighted by molar-refractivity contribution is 0.0691. The molecular formula is C8H6ClFO5S. The van der Waals surface area contributed by atoms with Crippen LogP contribution in [0.25, 0.3) is 0 Å². The second kappa shape index (κ2) is 4.26. The zero-order valence-electron chi connectivity index (χ0n) is 7.90. The smallest absolute Gasteiger partial charge is 0.338 e. The van der Waals surface area contributed by atoms with Crippen molar-refractivity contribution in [3.05, 3.63) is 23.5 Å². The molecule has 0 radical (unpaired) electrons. The van der Waals surface area contributed by atoms with E-state index in [-0.39, 0.29) is 5.75 Å². The van der Waals surface area contributed by atoms with E-state index in [1.165, 1.54) is 0 Å². The Morgan fingerprint density at radius 1 is 1.50 bits per heavy atom. The molecule has 0 spiro atoms. The van der Waals surface area contributed by atoms with Gasteiger partial charge < -0.3 is 9.84 Å². The summed E-state index contributed by atoms with van der Waals surface area (Å²) in [6.07, 6.45) is 0. The monoisotopic (exact) mass is 268 g/mol. The molecule has 1 rings (SSSR count). The first-order valence-electron chi connectivity index (χ1n) is 3.83. The van der Waals surface area contributed by atoms with Gasteiger partial charge in [-0.25, -0.2) is 17.6 Å². The number of carbonyl (C=O) groups is 1. The van der Waals surface area contributed by atoms with Crippen molar-refractivity contribution in [2.24, 2.45) is 0 Å². The van der Waals surface area contributed by atoms with E-state index in [0.717, 1.165) is 13.2 Å². The minimum absolute atomic E-state index is 0.325. The fraction of sp³-hybridized carbons (Fsp3) is 0.125. The van der Waals surface area contributed by atoms with E-state index in [1.54, 1.807) is 0 Å². The molecule has 0 aliphatic rings. The minimum Gasteiger partial charge on any atom is -0.495 e. The molecule has 0 aliphatic carbocycles. The summed E-state index contributed by atoms with van der Waals surface area (Å²) in [5, 5.41) is 8.60. The fourth-order valence-electron chi connectivity index (χ4n) is 1.05. The summed E-state index contributed by atoms with van der Waals surface area (Å²) in [5.74, 6) is -3.06. The third-order valence-corrected chi connectivity index (χ3v) is 3.09. The van der Waals surface area contributed by atoms with Crippen molar-refractivity contribution in [3.63, 3.8) is 0 Å². The number of hydrogen-bond donors (Lipinski definition) is 1. The lowest BCUT2D eigenvalue weighted by Crippen LogP contribution is -2.05. The molecule has 0 aromatic heterocycles. The van der Waals surface area contributed by atoms with Gasteiger partial charge in [0.1, 0.15) is 16.5 Å². The average molecular weight is 269 g/mol. The van der Waals surface area contributed by atoms with Crippen LogP contribution in [0.3, 0.4) is 0 Å². The first-order valence-corrected chi connectivity index (χ1v) is 6.13. The van der Waals surface area contributed by atoms with Gasteiger partial charge in [0.15, 0.2) is 0 Å². The fourth-order valence-corrected chi connectivity index (χ4v) is 2.04. The molecule has 1 aromatic carbocycles. The van der Waals surface area contributed by atoms with Gasteiger partial charge in [-0.05, 0) is 12.1 Å². The highest BCUT2D eigenvalue weighted by Gasteiger charge is 2.22. The van der Waals surface area contributed by atoms with Gasteiger partial charge in [-0.2, -0.15) is 0 Å². The van der Waals surface area contributed by atoms with Crippen LogP contribution in [-0.2, 0) is 9.05 Å². The van der Waals surface area contributed by atoms with Gasteiger partial charge >= 0.3 is 5.97 Å². The molecule has 0 saturated carbocycles. The quantitative estimate of drug-likeness (QED) is 0.840. The third-order valence-electron chi connectivity index (χ3n) is 1.75. The third kappa shape index (κ3) is 2.42. The Morgan fingerprint density at radius 2 is 2.06 bits per heavy atom. The second-order valence-electron chi connectivity index (χ2n) is 2.73. The van der Waals surface area contributed by atoms with Crippen LogP contribution in [0.2, 0.25) is 0 Å². The molecule has 0 aliphatic heterocycles. The molecule has 0 fully saturated rings. The first-order chi connectivity index (χ1) is 7.27. The maximum atomic E-state index is 13.2. The first kappa shape index (κ1) is 12.7. The Labute approximate surface area is 94.8 Å². The zero-order valence-corrected chi connectivity index (χ0v) is 9.47. The SMILES string of the molecule is COc1cc(C(=O)O)c(F)cc1S(=O)(=O)Cl. The zero-order chi connectivity index (χ0) is 12.5. The van der Waals surface area contributed by atoms with E-state index >= 15 is 0 Å². The summed E-state index contributed by atoms with van der Waals surface area (Å²) < 4.78 is 39.8. The van der Waals surface area contributed by atoms with Crippen molar-refractivity contribution < 1.29 is 27.4 Å². The van der Waals surface area contributed by atoms with Crippen molar-refractivity contribution in [1.29, 1.82) is 0 Å². The van der Waals surface area contributed by atoms with E-state index in [2.05, 4.69) is 4.74 Å². The Morgan fingerprint density at radius 3 is 2.44 bits per heavy atom. The molecule has 0 bridgehead atoms. The summed E-state index contributed by atoms with van der Waals surface area (Å²) >= 11 is 0. The molecule has 1 aromatic rings. The molecule has 0 heterocycles. The molecule has 0 saturated heterocycles. The summed E-state index contributed by atoms with van der Waals surface area (Å²) in [5.41, 5.74) is -0.694. The molecule has 88 valence electrons. The Hall–Kier alpha value is -1.34. The van der Waals surface area contributed by atoms with Gasteiger partial charge in [0.25, 0.3) is 9.05 Å². The van der Waals surface area contributed by atoms with E-state index in [4.69, 9.17) is 15.8 Å². The standard InChI is InChI=1S/C8H6ClFO5S/c1-15-6-2-4(8(11)12)5(10)3-7(6)16(9,13)14/h2-3H,1H3,(H,11,12). The van der Waals surface area contributed by atoms with Crippen LogP contribution < -0.4 is 4.74 Å². The van der Waals surface area contributed by atoms with Gasteiger partial charge in [-0.1, -0.05) is 0 Å². The molecule has 0 unspecified atom stereocenters. The van der Waals surface area contributed by atoms with Crippen molar-refractivity contribution in [2.45, 2.75) is 4.90 Å². The normalized spacial score (nSPS) is 11.2. The topological polar surface area (TPSA) is 80.7 Å². The van der Waals surface area contributed by atoms with Crippen LogP contribution in [0.1, 0.15) is 10.4 Å². The van der Waals surface area contributed by atoms with Crippen LogP contribution in [0.4, 0.5) is 4.39 Å². The van der Waals surface area contributed by atoms with E-state index in [0.29, 0.717) is 6.07 Å². The van der Waals surface area contributed by atoms with Crippen LogP contribution in [0.5, 0.6) is 5.75 Å². The number of halogens is 2. The highest BCUT2D eigenvalue weighted by molar-refractivity contribution is 8.13. The van der Waals surface area contributed by atoms with E-state index in [1.807, 2.05) is 0 Å². The number of aromatic carboxylic acids is 1. The largest absolute Gasteiger partial charge is 0.495 e. The molecule has 5 nitrogen and oxygen atoms in total. The molecule has 0 atom stereocenters. The highest BCUT2D eigenvalue weighted by Crippen LogP contribution is 2.29. The summed E-state index contributed by atoms with van der Waals surface area (Å²) in [4.78, 5) is 9.96. The Balaban J connectivity index is 3.57. The predicted octanol–water partition coefficient (Wildman–Crippen LogP) is 1.46. The molecule has 8 heteroatoms. The number of rotatable bonds is 3. The predicted molar refractivity (Wildman–Crippen MR) is 53.0 cm³/mol. The molecular weight excluding hydrogens is 263 g/mol. The molecule has 16 heavy (non-hydrogen) atoms. The molecule has 0 amide bonds. The van der Waals surface area contributed by atoms with Crippen LogP contribution in [0.15, 0.2) is 17.0 Å². The van der Waals surface area contributed by atoms with E-state index in [9.17, 15) is 17.6 Å². The number of ether oxygens (including phenoxy) is 1. The van der Waals surface area contributed by atoms with Gasteiger partial charge in [0.05, 0.1) is 12.7 Å². The number of carboxylic acids is 1. The Kier molecular flexibility index (Phi) is 3.39. The number of carboxylic acid groups (broad SMARTS) is 1. The van der Waals surface area contributed by atoms with Gasteiger partial charge in [0, 0.05) is 10.7 Å². The van der Waals surface area contributed by atoms with Crippen molar-refractivity contribution in [1.82, 2.24) is 0 Å². The maximum absolute atomic E-state index is 13.2.